The summed E-state index contributed by atoms with van der Waals surface area (Å²) in [7, 11) is 2.01. The van der Waals surface area contributed by atoms with Crippen molar-refractivity contribution in [1.82, 2.24) is 0 Å². The molecule has 0 atom stereocenters. The normalized spacial score (nSPS) is 14.5. The van der Waals surface area contributed by atoms with Crippen molar-refractivity contribution in [3.63, 3.8) is 0 Å². The third kappa shape index (κ3) is 1.42. The summed E-state index contributed by atoms with van der Waals surface area (Å²) in [5, 5.41) is 0. The Hall–Kier alpha value is -1.44. The van der Waals surface area contributed by atoms with E-state index in [1.165, 1.54) is 5.69 Å². The highest BCUT2D eigenvalue weighted by molar-refractivity contribution is 6.48. The standard InChI is InChI=1S/C10H9BN/c1-2-4-10(5-3-1)12-8-6-11-7-9-12/h1-9H. The largest absolute Gasteiger partial charge is 0.326 e. The van der Waals surface area contributed by atoms with E-state index in [1.54, 1.807) is 0 Å². The summed E-state index contributed by atoms with van der Waals surface area (Å²) >= 11 is 0. The lowest BCUT2D eigenvalue weighted by molar-refractivity contribution is 1.28. The van der Waals surface area contributed by atoms with E-state index in [4.69, 9.17) is 0 Å². The average Bonchev–Trinajstić information content (AvgIpc) is 2.21. The van der Waals surface area contributed by atoms with Crippen LogP contribution < -0.4 is 4.90 Å². The minimum absolute atomic E-state index is 1.19. The van der Waals surface area contributed by atoms with Gasteiger partial charge < -0.3 is 4.90 Å². The maximum atomic E-state index is 2.08. The van der Waals surface area contributed by atoms with Gasteiger partial charge in [-0.3, -0.25) is 0 Å². The Bertz CT molecular complexity index is 291. The maximum absolute atomic E-state index is 2.08. The summed E-state index contributed by atoms with van der Waals surface area (Å²) in [6.07, 6.45) is 4.07. The van der Waals surface area contributed by atoms with E-state index in [9.17, 15) is 0 Å². The topological polar surface area (TPSA) is 3.24 Å². The molecule has 0 saturated carbocycles. The van der Waals surface area contributed by atoms with Crippen LogP contribution in [0.3, 0.4) is 0 Å². The highest BCUT2D eigenvalue weighted by Gasteiger charge is 1.98. The first kappa shape index (κ1) is 7.23. The van der Waals surface area contributed by atoms with Crippen molar-refractivity contribution in [2.75, 3.05) is 4.90 Å². The van der Waals surface area contributed by atoms with Gasteiger partial charge in [0.15, 0.2) is 7.28 Å². The van der Waals surface area contributed by atoms with Crippen LogP contribution in [-0.4, -0.2) is 7.28 Å². The highest BCUT2D eigenvalue weighted by Crippen LogP contribution is 2.14. The molecular formula is C10H9BN. The van der Waals surface area contributed by atoms with Crippen molar-refractivity contribution in [3.8, 4) is 0 Å². The van der Waals surface area contributed by atoms with E-state index in [-0.39, 0.29) is 0 Å². The monoisotopic (exact) mass is 154 g/mol. The lowest BCUT2D eigenvalue weighted by atomic mass is 9.78. The minimum Gasteiger partial charge on any atom is -0.326 e. The summed E-state index contributed by atoms with van der Waals surface area (Å²) in [4.78, 5) is 2.08. The first-order valence-corrected chi connectivity index (χ1v) is 3.98. The van der Waals surface area contributed by atoms with Crippen molar-refractivity contribution in [3.05, 3.63) is 54.7 Å². The molecule has 1 aromatic rings. The van der Waals surface area contributed by atoms with Gasteiger partial charge in [0, 0.05) is 5.69 Å². The average molecular weight is 154 g/mol. The summed E-state index contributed by atoms with van der Waals surface area (Å²) in [5.41, 5.74) is 1.19. The van der Waals surface area contributed by atoms with Gasteiger partial charge in [-0.1, -0.05) is 18.2 Å². The van der Waals surface area contributed by atoms with E-state index in [0.29, 0.717) is 0 Å². The van der Waals surface area contributed by atoms with E-state index < -0.39 is 0 Å². The number of anilines is 1. The fourth-order valence-electron chi connectivity index (χ4n) is 1.17. The second kappa shape index (κ2) is 3.31. The van der Waals surface area contributed by atoms with Gasteiger partial charge in [-0.2, -0.15) is 0 Å². The molecule has 57 valence electrons. The maximum Gasteiger partial charge on any atom is 0.175 e. The van der Waals surface area contributed by atoms with Crippen LogP contribution in [0.4, 0.5) is 5.69 Å². The second-order valence-electron chi connectivity index (χ2n) is 2.62. The molecule has 0 saturated heterocycles. The van der Waals surface area contributed by atoms with Crippen LogP contribution in [0, 0.1) is 0 Å². The van der Waals surface area contributed by atoms with Gasteiger partial charge in [-0.05, 0) is 24.5 Å². The molecule has 1 aliphatic rings. The third-order valence-electron chi connectivity index (χ3n) is 1.77. The molecule has 1 aromatic carbocycles. The molecule has 0 fully saturated rings. The van der Waals surface area contributed by atoms with Gasteiger partial charge in [-0.25, -0.2) is 0 Å². The van der Waals surface area contributed by atoms with Crippen LogP contribution in [0.2, 0.25) is 0 Å². The van der Waals surface area contributed by atoms with Crippen LogP contribution in [-0.2, 0) is 0 Å². The van der Waals surface area contributed by atoms with Gasteiger partial charge in [0.1, 0.15) is 0 Å². The summed E-state index contributed by atoms with van der Waals surface area (Å²) < 4.78 is 0. The number of hydrogen-bond acceptors (Lipinski definition) is 1. The van der Waals surface area contributed by atoms with E-state index in [0.717, 1.165) is 0 Å². The Labute approximate surface area is 73.3 Å². The highest BCUT2D eigenvalue weighted by atomic mass is 15.1. The van der Waals surface area contributed by atoms with Gasteiger partial charge >= 0.3 is 0 Å². The van der Waals surface area contributed by atoms with Crippen molar-refractivity contribution >= 4 is 13.0 Å². The Morgan fingerprint density at radius 1 is 0.917 bits per heavy atom. The smallest absolute Gasteiger partial charge is 0.175 e. The van der Waals surface area contributed by atoms with E-state index >= 15 is 0 Å². The van der Waals surface area contributed by atoms with Crippen LogP contribution in [0.15, 0.2) is 54.7 Å². The molecule has 0 unspecified atom stereocenters. The number of para-hydroxylation sites is 1. The Kier molecular flexibility index (Phi) is 1.99. The van der Waals surface area contributed by atoms with Crippen LogP contribution in [0.25, 0.3) is 0 Å². The number of benzene rings is 1. The van der Waals surface area contributed by atoms with Gasteiger partial charge in [0.2, 0.25) is 0 Å². The zero-order chi connectivity index (χ0) is 8.23. The summed E-state index contributed by atoms with van der Waals surface area (Å²) in [6.45, 7) is 0. The van der Waals surface area contributed by atoms with E-state index in [2.05, 4.69) is 17.0 Å². The van der Waals surface area contributed by atoms with Gasteiger partial charge in [-0.15, -0.1) is 12.0 Å². The van der Waals surface area contributed by atoms with Gasteiger partial charge in [0.05, 0.1) is 0 Å². The lowest BCUT2D eigenvalue weighted by Crippen LogP contribution is -2.10. The fraction of sp³-hybridized carbons (Fsp3) is 0. The van der Waals surface area contributed by atoms with Gasteiger partial charge in [0.25, 0.3) is 0 Å². The molecule has 1 nitrogen and oxygen atoms in total. The molecule has 1 heterocycles. The lowest BCUT2D eigenvalue weighted by Gasteiger charge is -2.17. The summed E-state index contributed by atoms with van der Waals surface area (Å²) in [5.74, 6) is 4.04. The first-order chi connectivity index (χ1) is 5.97. The molecule has 0 amide bonds. The molecule has 0 N–H and O–H groups in total. The quantitative estimate of drug-likeness (QED) is 0.560. The third-order valence-corrected chi connectivity index (χ3v) is 1.77. The predicted molar refractivity (Wildman–Crippen MR) is 53.0 cm³/mol. The Morgan fingerprint density at radius 3 is 2.25 bits per heavy atom. The fourth-order valence-corrected chi connectivity index (χ4v) is 1.17. The number of nitrogens with zero attached hydrogens (tertiary/aromatic N) is 1. The van der Waals surface area contributed by atoms with Crippen molar-refractivity contribution in [2.24, 2.45) is 0 Å². The van der Waals surface area contributed by atoms with Crippen molar-refractivity contribution in [1.29, 1.82) is 0 Å². The zero-order valence-electron chi connectivity index (χ0n) is 6.72. The second-order valence-corrected chi connectivity index (χ2v) is 2.62. The Balaban J connectivity index is 2.25. The van der Waals surface area contributed by atoms with Crippen LogP contribution in [0.5, 0.6) is 0 Å². The molecule has 1 aliphatic heterocycles. The molecule has 2 rings (SSSR count). The number of hydrogen-bond donors (Lipinski definition) is 0. The molecule has 1 radical (unpaired) electrons. The molecule has 2 heteroatoms. The van der Waals surface area contributed by atoms with Crippen LogP contribution >= 0.6 is 0 Å². The van der Waals surface area contributed by atoms with Crippen LogP contribution in [0.1, 0.15) is 0 Å². The number of rotatable bonds is 1. The molecule has 0 aromatic heterocycles. The molecule has 0 bridgehead atoms. The summed E-state index contributed by atoms with van der Waals surface area (Å²) in [6, 6.07) is 10.3. The van der Waals surface area contributed by atoms with Crippen molar-refractivity contribution in [2.45, 2.75) is 0 Å². The predicted octanol–water partition coefficient (Wildman–Crippen LogP) is 2.15. The zero-order valence-corrected chi connectivity index (χ0v) is 6.72. The molecular weight excluding hydrogens is 145 g/mol. The molecule has 12 heavy (non-hydrogen) atoms. The first-order valence-electron chi connectivity index (χ1n) is 3.98. The van der Waals surface area contributed by atoms with Crippen molar-refractivity contribution < 1.29 is 0 Å². The molecule has 0 spiro atoms. The van der Waals surface area contributed by atoms with E-state index in [1.807, 2.05) is 49.8 Å². The Morgan fingerprint density at radius 2 is 1.58 bits per heavy atom. The SMILES string of the molecule is [B]1C=CN(c2ccccc2)C=C1. The molecule has 0 aliphatic carbocycles. The minimum atomic E-state index is 1.19.